The molecule has 0 spiro atoms. The number of rotatable bonds is 4. The van der Waals surface area contributed by atoms with Gasteiger partial charge in [0.15, 0.2) is 0 Å². The molecule has 0 saturated heterocycles. The van der Waals surface area contributed by atoms with E-state index < -0.39 is 0 Å². The number of hydrogen-bond donors (Lipinski definition) is 2. The van der Waals surface area contributed by atoms with E-state index in [0.29, 0.717) is 6.61 Å². The van der Waals surface area contributed by atoms with Gasteiger partial charge < -0.3 is 15.8 Å². The van der Waals surface area contributed by atoms with Crippen LogP contribution < -0.4 is 15.8 Å². The number of benzene rings is 1. The number of ether oxygens (including phenoxy) is 1. The molecule has 0 heterocycles. The van der Waals surface area contributed by atoms with Crippen LogP contribution in [0.25, 0.3) is 0 Å². The van der Waals surface area contributed by atoms with Gasteiger partial charge in [-0.3, -0.25) is 4.79 Å². The summed E-state index contributed by atoms with van der Waals surface area (Å²) in [6, 6.07) is 7.44. The van der Waals surface area contributed by atoms with E-state index in [4.69, 9.17) is 10.5 Å². The number of amides is 1. The molecule has 1 saturated carbocycles. The van der Waals surface area contributed by atoms with Gasteiger partial charge in [-0.05, 0) is 44.0 Å². The van der Waals surface area contributed by atoms with Crippen LogP contribution in [0.3, 0.4) is 0 Å². The monoisotopic (exact) mass is 262 g/mol. The molecule has 2 rings (SSSR count). The molecule has 0 aromatic heterocycles. The van der Waals surface area contributed by atoms with Gasteiger partial charge in [0.05, 0.1) is 12.5 Å². The fourth-order valence-electron chi connectivity index (χ4n) is 2.52. The molecule has 1 aliphatic rings. The Kier molecular flexibility index (Phi) is 4.80. The van der Waals surface area contributed by atoms with Crippen LogP contribution >= 0.6 is 0 Å². The van der Waals surface area contributed by atoms with E-state index in [9.17, 15) is 4.79 Å². The van der Waals surface area contributed by atoms with Crippen molar-refractivity contribution >= 4 is 11.6 Å². The van der Waals surface area contributed by atoms with Crippen LogP contribution in [-0.4, -0.2) is 18.6 Å². The minimum atomic E-state index is -0.0553. The molecule has 19 heavy (non-hydrogen) atoms. The SMILES string of the molecule is CCOc1ccc(NC(=O)[C@@H]2CCCC[C@@H]2N)cc1. The Morgan fingerprint density at radius 2 is 2.00 bits per heavy atom. The largest absolute Gasteiger partial charge is 0.494 e. The van der Waals surface area contributed by atoms with E-state index in [-0.39, 0.29) is 17.9 Å². The molecule has 0 aliphatic heterocycles. The highest BCUT2D eigenvalue weighted by Crippen LogP contribution is 2.24. The average Bonchev–Trinajstić information content (AvgIpc) is 2.42. The van der Waals surface area contributed by atoms with Crippen LogP contribution in [0, 0.1) is 5.92 Å². The van der Waals surface area contributed by atoms with Crippen molar-refractivity contribution in [2.24, 2.45) is 11.7 Å². The minimum absolute atomic E-state index is 0.00329. The van der Waals surface area contributed by atoms with E-state index in [1.165, 1.54) is 0 Å². The molecule has 0 unspecified atom stereocenters. The molecular weight excluding hydrogens is 240 g/mol. The standard InChI is InChI=1S/C15H22N2O2/c1-2-19-12-9-7-11(8-10-12)17-15(18)13-5-3-4-6-14(13)16/h7-10,13-14H,2-6,16H2,1H3,(H,17,18)/t13-,14+/m1/s1. The maximum atomic E-state index is 12.2. The Labute approximate surface area is 114 Å². The highest BCUT2D eigenvalue weighted by molar-refractivity contribution is 5.93. The molecule has 2 atom stereocenters. The fraction of sp³-hybridized carbons (Fsp3) is 0.533. The van der Waals surface area contributed by atoms with Crippen LogP contribution in [0.1, 0.15) is 32.6 Å². The van der Waals surface area contributed by atoms with Gasteiger partial charge in [0.2, 0.25) is 5.91 Å². The fourth-order valence-corrected chi connectivity index (χ4v) is 2.52. The second-order valence-electron chi connectivity index (χ2n) is 5.00. The number of carbonyl (C=O) groups excluding carboxylic acids is 1. The first-order valence-corrected chi connectivity index (χ1v) is 7.00. The molecule has 1 aromatic carbocycles. The third-order valence-corrected chi connectivity index (χ3v) is 3.59. The number of nitrogens with two attached hydrogens (primary N) is 1. The summed E-state index contributed by atoms with van der Waals surface area (Å²) in [5.41, 5.74) is 6.81. The van der Waals surface area contributed by atoms with E-state index in [1.54, 1.807) is 0 Å². The summed E-state index contributed by atoms with van der Waals surface area (Å²) in [5, 5.41) is 2.94. The van der Waals surface area contributed by atoms with Crippen molar-refractivity contribution in [3.8, 4) is 5.75 Å². The van der Waals surface area contributed by atoms with Crippen LogP contribution in [0.5, 0.6) is 5.75 Å². The predicted octanol–water partition coefficient (Wildman–Crippen LogP) is 2.54. The quantitative estimate of drug-likeness (QED) is 0.876. The van der Waals surface area contributed by atoms with E-state index in [0.717, 1.165) is 37.1 Å². The summed E-state index contributed by atoms with van der Waals surface area (Å²) in [5.74, 6) is 0.798. The summed E-state index contributed by atoms with van der Waals surface area (Å²) in [7, 11) is 0. The van der Waals surface area contributed by atoms with Gasteiger partial charge in [-0.25, -0.2) is 0 Å². The lowest BCUT2D eigenvalue weighted by atomic mass is 9.84. The maximum absolute atomic E-state index is 12.2. The lowest BCUT2D eigenvalue weighted by Gasteiger charge is -2.27. The third-order valence-electron chi connectivity index (χ3n) is 3.59. The molecule has 4 nitrogen and oxygen atoms in total. The van der Waals surface area contributed by atoms with Crippen molar-refractivity contribution in [2.45, 2.75) is 38.6 Å². The summed E-state index contributed by atoms with van der Waals surface area (Å²) >= 11 is 0. The first-order chi connectivity index (χ1) is 9.20. The Balaban J connectivity index is 1.94. The smallest absolute Gasteiger partial charge is 0.229 e. The zero-order valence-corrected chi connectivity index (χ0v) is 11.4. The Morgan fingerprint density at radius 3 is 2.63 bits per heavy atom. The Bertz CT molecular complexity index is 417. The summed E-state index contributed by atoms with van der Waals surface area (Å²) in [6.07, 6.45) is 4.06. The minimum Gasteiger partial charge on any atom is -0.494 e. The predicted molar refractivity (Wildman–Crippen MR) is 76.2 cm³/mol. The normalized spacial score (nSPS) is 22.8. The Hall–Kier alpha value is -1.55. The molecule has 1 aromatic rings. The number of anilines is 1. The molecule has 0 radical (unpaired) electrons. The van der Waals surface area contributed by atoms with Crippen LogP contribution in [0.15, 0.2) is 24.3 Å². The number of carbonyl (C=O) groups is 1. The summed E-state index contributed by atoms with van der Waals surface area (Å²) < 4.78 is 5.37. The van der Waals surface area contributed by atoms with Gasteiger partial charge in [0.1, 0.15) is 5.75 Å². The second-order valence-corrected chi connectivity index (χ2v) is 5.00. The van der Waals surface area contributed by atoms with E-state index in [2.05, 4.69) is 5.32 Å². The number of hydrogen-bond acceptors (Lipinski definition) is 3. The van der Waals surface area contributed by atoms with Crippen LogP contribution in [0.2, 0.25) is 0 Å². The number of nitrogens with one attached hydrogen (secondary N) is 1. The molecule has 4 heteroatoms. The van der Waals surface area contributed by atoms with Crippen molar-refractivity contribution in [3.63, 3.8) is 0 Å². The van der Waals surface area contributed by atoms with Crippen molar-refractivity contribution in [1.29, 1.82) is 0 Å². The summed E-state index contributed by atoms with van der Waals surface area (Å²) in [4.78, 5) is 12.2. The van der Waals surface area contributed by atoms with Crippen LogP contribution in [0.4, 0.5) is 5.69 Å². The van der Waals surface area contributed by atoms with Crippen molar-refractivity contribution < 1.29 is 9.53 Å². The van der Waals surface area contributed by atoms with E-state index >= 15 is 0 Å². The van der Waals surface area contributed by atoms with Gasteiger partial charge >= 0.3 is 0 Å². The maximum Gasteiger partial charge on any atom is 0.229 e. The van der Waals surface area contributed by atoms with E-state index in [1.807, 2.05) is 31.2 Å². The van der Waals surface area contributed by atoms with Gasteiger partial charge in [0, 0.05) is 11.7 Å². The van der Waals surface area contributed by atoms with Gasteiger partial charge in [0.25, 0.3) is 0 Å². The van der Waals surface area contributed by atoms with Gasteiger partial charge in [-0.15, -0.1) is 0 Å². The highest BCUT2D eigenvalue weighted by Gasteiger charge is 2.28. The van der Waals surface area contributed by atoms with Crippen molar-refractivity contribution in [1.82, 2.24) is 0 Å². The zero-order chi connectivity index (χ0) is 13.7. The third kappa shape index (κ3) is 3.70. The molecule has 0 bridgehead atoms. The van der Waals surface area contributed by atoms with Crippen LogP contribution in [-0.2, 0) is 4.79 Å². The van der Waals surface area contributed by atoms with Gasteiger partial charge in [-0.2, -0.15) is 0 Å². The first kappa shape index (κ1) is 13.9. The zero-order valence-electron chi connectivity index (χ0n) is 11.4. The summed E-state index contributed by atoms with van der Waals surface area (Å²) in [6.45, 7) is 2.59. The molecule has 1 fully saturated rings. The van der Waals surface area contributed by atoms with Gasteiger partial charge in [-0.1, -0.05) is 12.8 Å². The molecule has 104 valence electrons. The molecule has 3 N–H and O–H groups in total. The lowest BCUT2D eigenvalue weighted by Crippen LogP contribution is -2.40. The topological polar surface area (TPSA) is 64.3 Å². The Morgan fingerprint density at radius 1 is 1.32 bits per heavy atom. The lowest BCUT2D eigenvalue weighted by molar-refractivity contribution is -0.121. The first-order valence-electron chi connectivity index (χ1n) is 7.00. The van der Waals surface area contributed by atoms with Crippen molar-refractivity contribution in [3.05, 3.63) is 24.3 Å². The highest BCUT2D eigenvalue weighted by atomic mass is 16.5. The molecule has 1 aliphatic carbocycles. The molecular formula is C15H22N2O2. The molecule has 1 amide bonds. The van der Waals surface area contributed by atoms with Crippen molar-refractivity contribution in [2.75, 3.05) is 11.9 Å². The second kappa shape index (κ2) is 6.57. The average molecular weight is 262 g/mol.